The smallest absolute Gasteiger partial charge is 0.149 e. The predicted molar refractivity (Wildman–Crippen MR) is 76.7 cm³/mol. The fourth-order valence-corrected chi connectivity index (χ4v) is 2.98. The molecule has 0 aromatic heterocycles. The van der Waals surface area contributed by atoms with Gasteiger partial charge in [0.15, 0.2) is 0 Å². The maximum atomic E-state index is 14.0. The minimum absolute atomic E-state index is 0.0505. The van der Waals surface area contributed by atoms with Gasteiger partial charge in [-0.3, -0.25) is 0 Å². The Kier molecular flexibility index (Phi) is 4.33. The highest BCUT2D eigenvalue weighted by atomic mass is 19.1. The molecule has 20 heavy (non-hydrogen) atoms. The molecule has 1 fully saturated rings. The Balaban J connectivity index is 2.15. The Hall–Kier alpha value is -1.16. The molecule has 2 nitrogen and oxygen atoms in total. The fourth-order valence-electron chi connectivity index (χ4n) is 2.98. The van der Waals surface area contributed by atoms with Crippen molar-refractivity contribution in [2.45, 2.75) is 40.2 Å². The normalized spacial score (nSPS) is 17.6. The number of piperidine rings is 1. The minimum atomic E-state index is -0.580. The number of rotatable bonds is 2. The topological polar surface area (TPSA) is 23.5 Å². The molecule has 4 heteroatoms. The van der Waals surface area contributed by atoms with Crippen molar-refractivity contribution in [3.8, 4) is 0 Å². The molecular weight excluding hydrogens is 260 g/mol. The molecule has 0 unspecified atom stereocenters. The van der Waals surface area contributed by atoms with E-state index in [9.17, 15) is 8.78 Å². The Bertz CT molecular complexity index is 451. The van der Waals surface area contributed by atoms with Crippen LogP contribution in [0.3, 0.4) is 0 Å². The molecule has 2 rings (SSSR count). The van der Waals surface area contributed by atoms with Gasteiger partial charge in [-0.05, 0) is 41.9 Å². The first-order valence-electron chi connectivity index (χ1n) is 7.16. The van der Waals surface area contributed by atoms with E-state index >= 15 is 0 Å². The molecule has 1 heterocycles. The first-order chi connectivity index (χ1) is 9.32. The molecule has 1 aliphatic heterocycles. The van der Waals surface area contributed by atoms with Gasteiger partial charge in [-0.1, -0.05) is 20.8 Å². The second kappa shape index (κ2) is 5.68. The van der Waals surface area contributed by atoms with Crippen molar-refractivity contribution >= 4 is 5.69 Å². The van der Waals surface area contributed by atoms with E-state index in [-0.39, 0.29) is 23.3 Å². The monoisotopic (exact) mass is 283 g/mol. The van der Waals surface area contributed by atoms with Crippen LogP contribution in [0.1, 0.15) is 39.2 Å². The van der Waals surface area contributed by atoms with Gasteiger partial charge in [-0.25, -0.2) is 8.78 Å². The Morgan fingerprint density at radius 2 is 1.65 bits per heavy atom. The minimum Gasteiger partial charge on any atom is -0.392 e. The summed E-state index contributed by atoms with van der Waals surface area (Å²) in [6.07, 6.45) is 1.90. The van der Waals surface area contributed by atoms with Crippen molar-refractivity contribution < 1.29 is 13.9 Å². The zero-order valence-corrected chi connectivity index (χ0v) is 12.4. The molecule has 0 atom stereocenters. The molecule has 0 radical (unpaired) electrons. The highest BCUT2D eigenvalue weighted by molar-refractivity contribution is 5.51. The number of benzene rings is 1. The number of hydrogen-bond acceptors (Lipinski definition) is 2. The van der Waals surface area contributed by atoms with E-state index in [2.05, 4.69) is 20.8 Å². The van der Waals surface area contributed by atoms with Gasteiger partial charge in [-0.2, -0.15) is 0 Å². The Labute approximate surface area is 119 Å². The summed E-state index contributed by atoms with van der Waals surface area (Å²) in [5.41, 5.74) is 0.562. The molecule has 0 bridgehead atoms. The third-order valence-corrected chi connectivity index (χ3v) is 4.30. The van der Waals surface area contributed by atoms with Crippen LogP contribution in [-0.2, 0) is 6.61 Å². The third-order valence-electron chi connectivity index (χ3n) is 4.30. The first-order valence-corrected chi connectivity index (χ1v) is 7.16. The van der Waals surface area contributed by atoms with Crippen LogP contribution in [0.5, 0.6) is 0 Å². The molecular formula is C16H23F2NO. The van der Waals surface area contributed by atoms with Crippen molar-refractivity contribution in [3.63, 3.8) is 0 Å². The molecule has 1 aromatic carbocycles. The summed E-state index contributed by atoms with van der Waals surface area (Å²) in [6.45, 7) is 7.64. The standard InChI is InChI=1S/C16H23F2NO/c1-16(2,3)12-4-6-19(7-5-12)15-13(17)8-11(10-20)9-14(15)18/h8-9,12,20H,4-7,10H2,1-3H3. The van der Waals surface area contributed by atoms with Crippen molar-refractivity contribution in [1.29, 1.82) is 0 Å². The van der Waals surface area contributed by atoms with Gasteiger partial charge in [-0.15, -0.1) is 0 Å². The van der Waals surface area contributed by atoms with Gasteiger partial charge in [0, 0.05) is 13.1 Å². The van der Waals surface area contributed by atoms with Gasteiger partial charge >= 0.3 is 0 Å². The van der Waals surface area contributed by atoms with E-state index in [0.717, 1.165) is 12.8 Å². The van der Waals surface area contributed by atoms with Gasteiger partial charge < -0.3 is 10.0 Å². The number of halogens is 2. The van der Waals surface area contributed by atoms with Crippen molar-refractivity contribution in [1.82, 2.24) is 0 Å². The van der Waals surface area contributed by atoms with E-state index in [1.165, 1.54) is 12.1 Å². The van der Waals surface area contributed by atoms with Crippen LogP contribution in [-0.4, -0.2) is 18.2 Å². The second-order valence-corrected chi connectivity index (χ2v) is 6.69. The molecule has 1 aliphatic rings. The largest absolute Gasteiger partial charge is 0.392 e. The molecule has 1 N–H and O–H groups in total. The van der Waals surface area contributed by atoms with Crippen LogP contribution in [0.4, 0.5) is 14.5 Å². The lowest BCUT2D eigenvalue weighted by Crippen LogP contribution is -2.38. The quantitative estimate of drug-likeness (QED) is 0.894. The third kappa shape index (κ3) is 3.11. The summed E-state index contributed by atoms with van der Waals surface area (Å²) < 4.78 is 28.0. The van der Waals surface area contributed by atoms with Gasteiger partial charge in [0.2, 0.25) is 0 Å². The molecule has 1 aromatic rings. The van der Waals surface area contributed by atoms with E-state index in [1.54, 1.807) is 4.90 Å². The lowest BCUT2D eigenvalue weighted by Gasteiger charge is -2.39. The highest BCUT2D eigenvalue weighted by Crippen LogP contribution is 2.36. The van der Waals surface area contributed by atoms with Gasteiger partial charge in [0.1, 0.15) is 17.3 Å². The van der Waals surface area contributed by atoms with E-state index in [0.29, 0.717) is 19.0 Å². The summed E-state index contributed by atoms with van der Waals surface area (Å²) in [4.78, 5) is 1.79. The SMILES string of the molecule is CC(C)(C)C1CCN(c2c(F)cc(CO)cc2F)CC1. The summed E-state index contributed by atoms with van der Waals surface area (Å²) in [5.74, 6) is -0.576. The zero-order chi connectivity index (χ0) is 14.9. The molecule has 0 saturated carbocycles. The van der Waals surface area contributed by atoms with Gasteiger partial charge in [0.05, 0.1) is 6.61 Å². The van der Waals surface area contributed by atoms with E-state index in [1.807, 2.05) is 0 Å². The number of aliphatic hydroxyl groups is 1. The molecule has 0 spiro atoms. The van der Waals surface area contributed by atoms with Crippen LogP contribution in [0.25, 0.3) is 0 Å². The van der Waals surface area contributed by atoms with E-state index < -0.39 is 11.6 Å². The maximum Gasteiger partial charge on any atom is 0.149 e. The van der Waals surface area contributed by atoms with Crippen molar-refractivity contribution in [2.24, 2.45) is 11.3 Å². The van der Waals surface area contributed by atoms with Crippen LogP contribution in [0.2, 0.25) is 0 Å². The Morgan fingerprint density at radius 1 is 1.15 bits per heavy atom. The fraction of sp³-hybridized carbons (Fsp3) is 0.625. The average Bonchev–Trinajstić information content (AvgIpc) is 2.37. The Morgan fingerprint density at radius 3 is 2.05 bits per heavy atom. The van der Waals surface area contributed by atoms with Crippen LogP contribution in [0.15, 0.2) is 12.1 Å². The highest BCUT2D eigenvalue weighted by Gasteiger charge is 2.30. The van der Waals surface area contributed by atoms with Crippen LogP contribution >= 0.6 is 0 Å². The van der Waals surface area contributed by atoms with Crippen LogP contribution < -0.4 is 4.90 Å². The molecule has 0 aliphatic carbocycles. The molecule has 1 saturated heterocycles. The summed E-state index contributed by atoms with van der Waals surface area (Å²) >= 11 is 0. The first kappa shape index (κ1) is 15.2. The lowest BCUT2D eigenvalue weighted by atomic mass is 9.75. The number of aliphatic hydroxyl groups excluding tert-OH is 1. The zero-order valence-electron chi connectivity index (χ0n) is 12.4. The maximum absolute atomic E-state index is 14.0. The second-order valence-electron chi connectivity index (χ2n) is 6.69. The molecule has 112 valence electrons. The van der Waals surface area contributed by atoms with Crippen LogP contribution in [0, 0.1) is 23.0 Å². The number of anilines is 1. The summed E-state index contributed by atoms with van der Waals surface area (Å²) in [7, 11) is 0. The van der Waals surface area contributed by atoms with E-state index in [4.69, 9.17) is 5.11 Å². The predicted octanol–water partition coefficient (Wildman–Crippen LogP) is 3.72. The van der Waals surface area contributed by atoms with Crippen molar-refractivity contribution in [2.75, 3.05) is 18.0 Å². The number of nitrogens with zero attached hydrogens (tertiary/aromatic N) is 1. The summed E-state index contributed by atoms with van der Waals surface area (Å²) in [6, 6.07) is 2.43. The lowest BCUT2D eigenvalue weighted by molar-refractivity contribution is 0.198. The molecule has 0 amide bonds. The number of hydrogen-bond donors (Lipinski definition) is 1. The average molecular weight is 283 g/mol. The summed E-state index contributed by atoms with van der Waals surface area (Å²) in [5, 5.41) is 8.97. The van der Waals surface area contributed by atoms with Gasteiger partial charge in [0.25, 0.3) is 0 Å². The van der Waals surface area contributed by atoms with Crippen molar-refractivity contribution in [3.05, 3.63) is 29.3 Å².